The van der Waals surface area contributed by atoms with E-state index in [4.69, 9.17) is 55.7 Å². The number of hydrogen-bond donors (Lipinski definition) is 2. The van der Waals surface area contributed by atoms with E-state index in [0.29, 0.717) is 64.8 Å². The van der Waals surface area contributed by atoms with Crippen molar-refractivity contribution < 1.29 is 133 Å². The minimum absolute atomic E-state index is 0.0158. The molecule has 135 heavy (non-hydrogen) atoms. The van der Waals surface area contributed by atoms with Crippen LogP contribution in [-0.4, -0.2) is 144 Å². The second-order valence-corrected chi connectivity index (χ2v) is 43.7. The van der Waals surface area contributed by atoms with Gasteiger partial charge in [0.05, 0.1) is 73.6 Å². The summed E-state index contributed by atoms with van der Waals surface area (Å²) in [5.74, 6) is -3.41. The largest absolute Gasteiger partial charge is 0.534 e. The molecule has 0 bridgehead atoms. The number of benzene rings is 10. The van der Waals surface area contributed by atoms with Crippen molar-refractivity contribution in [2.24, 2.45) is 0 Å². The molecule has 0 spiro atoms. The number of esters is 5. The van der Waals surface area contributed by atoms with E-state index in [1.807, 2.05) is 190 Å². The number of carbonyl (C=O) groups is 5. The second kappa shape index (κ2) is 46.5. The number of aromatic hydroxyl groups is 2. The highest BCUT2D eigenvalue weighted by Crippen LogP contribution is 2.49. The quantitative estimate of drug-likeness (QED) is 0.0220. The monoisotopic (exact) mass is 2130 g/mol. The van der Waals surface area contributed by atoms with Crippen molar-refractivity contribution in [2.75, 3.05) is 45.5 Å². The van der Waals surface area contributed by atoms with Gasteiger partial charge in [-0.15, -0.1) is 0 Å². The van der Waals surface area contributed by atoms with Crippen molar-refractivity contribution in [3.8, 4) is 28.7 Å². The third-order valence-electron chi connectivity index (χ3n) is 19.3. The molecular weight excluding hydrogens is 2010 g/mol. The van der Waals surface area contributed by atoms with E-state index in [1.165, 1.54) is 19.1 Å². The maximum atomic E-state index is 13.1. The predicted molar refractivity (Wildman–Crippen MR) is 527 cm³/mol. The Morgan fingerprint density at radius 1 is 0.304 bits per heavy atom. The number of halogens is 6. The molecule has 10 aromatic rings. The van der Waals surface area contributed by atoms with Crippen LogP contribution < -0.4 is 12.5 Å². The fraction of sp³-hybridized carbons (Fsp3) is 0.450. The van der Waals surface area contributed by atoms with E-state index < -0.39 is 130 Å². The van der Waals surface area contributed by atoms with Crippen molar-refractivity contribution in [3.63, 3.8) is 0 Å². The third kappa shape index (κ3) is 31.4. The highest BCUT2D eigenvalue weighted by molar-refractivity contribution is 9.11. The first-order valence-corrected chi connectivity index (χ1v) is 50.6. The van der Waals surface area contributed by atoms with E-state index in [0.717, 1.165) is 65.3 Å². The zero-order valence-electron chi connectivity index (χ0n) is 81.7. The molecule has 0 aliphatic heterocycles. The average Bonchev–Trinajstić information content (AvgIpc) is 0.767. The Morgan fingerprint density at radius 3 is 0.748 bits per heavy atom. The highest BCUT2D eigenvalue weighted by atomic mass is 79.9. The van der Waals surface area contributed by atoms with Gasteiger partial charge in [-0.05, 0) is 289 Å². The van der Waals surface area contributed by atoms with Crippen molar-refractivity contribution in [1.29, 1.82) is 0 Å². The first-order valence-electron chi connectivity index (χ1n) is 43.2. The smallest absolute Gasteiger partial charge is 0.507 e. The molecule has 0 unspecified atom stereocenters. The molecule has 0 saturated carbocycles. The summed E-state index contributed by atoms with van der Waals surface area (Å²) >= 11 is 10.3. The standard InChI is InChI=1S/C21H28O6S.C20H22BrF3O6S.C20H25BrO6S.C20H26O4.C19H23BrO4/c1-8-25-20(22)19(26-21(4,5)6)17-14(3)12-16-13(2)10-9-11-15(16)18(17)27-28(7,23)24;1-6-28-18(25)17(29-19(3,4)5)15-11(2)10-13-12(8-7-9-14(13)21)16(15)30-31(26,27)20(22,23)24;1-7-25-19(22)18(26-20(3,4)5)16-12(2)11-14-13(9-8-10-15(14)21)17(16)27-28(6,23)24;1-7-23-19(22)18(24-20(4,5)6)16-13(3)11-15-12(2)9-8-10-14(15)17(16)21;1-6-23-18(22)17(24-19(3,4)5)15-11(2)10-13-12(16(15)21)8-7-9-14(13)20/h9-12,19H,8H2,1-7H3;7-10,17H,6H2,1-5H3;8-11,18H,7H2,1-6H3;8-11,18,21H,7H2,1-6H3;7-10,17,21H,6H2,1-5H3/t19-;17-;2*18-;17-/m00000/s1. The van der Waals surface area contributed by atoms with Crippen LogP contribution in [0.5, 0.6) is 28.7 Å². The molecule has 2 N–H and O–H groups in total. The lowest BCUT2D eigenvalue weighted by Crippen LogP contribution is -2.31. The minimum atomic E-state index is -6.03. The Kier molecular flexibility index (Phi) is 39.4. The lowest BCUT2D eigenvalue weighted by atomic mass is 9.94. The molecule has 0 amide bonds. The van der Waals surface area contributed by atoms with Crippen LogP contribution in [0.3, 0.4) is 0 Å². The molecule has 10 rings (SSSR count). The van der Waals surface area contributed by atoms with Crippen LogP contribution in [0.4, 0.5) is 13.2 Å². The van der Waals surface area contributed by atoms with Crippen LogP contribution >= 0.6 is 47.8 Å². The van der Waals surface area contributed by atoms with Gasteiger partial charge in [0.1, 0.15) is 11.5 Å². The molecule has 0 radical (unpaired) electrons. The summed E-state index contributed by atoms with van der Waals surface area (Å²) in [7, 11) is -13.7. The number of aryl methyl sites for hydroxylation is 7. The van der Waals surface area contributed by atoms with Crippen LogP contribution in [0.2, 0.25) is 0 Å². The number of carbonyl (C=O) groups excluding carboxylic acids is 5. The Hall–Kier alpha value is -9.27. The molecule has 10 aromatic carbocycles. The van der Waals surface area contributed by atoms with Crippen LogP contribution in [0, 0.1) is 48.5 Å². The predicted octanol–water partition coefficient (Wildman–Crippen LogP) is 24.1. The Morgan fingerprint density at radius 2 is 0.504 bits per heavy atom. The lowest BCUT2D eigenvalue weighted by molar-refractivity contribution is -0.167. The van der Waals surface area contributed by atoms with Crippen molar-refractivity contribution in [1.82, 2.24) is 0 Å². The van der Waals surface area contributed by atoms with E-state index in [9.17, 15) is 72.6 Å². The van der Waals surface area contributed by atoms with Crippen molar-refractivity contribution in [2.45, 2.75) is 251 Å². The number of rotatable bonds is 26. The fourth-order valence-corrected chi connectivity index (χ4v) is 17.2. The van der Waals surface area contributed by atoms with Crippen molar-refractivity contribution >= 4 is 162 Å². The van der Waals surface area contributed by atoms with E-state index >= 15 is 0 Å². The molecule has 0 fully saturated rings. The number of hydrogen-bond acceptors (Lipinski definition) is 26. The van der Waals surface area contributed by atoms with Crippen LogP contribution in [0.15, 0.2) is 135 Å². The Labute approximate surface area is 815 Å². The number of alkyl halides is 3. The van der Waals surface area contributed by atoms with Gasteiger partial charge in [0.2, 0.25) is 0 Å². The molecule has 26 nitrogen and oxygen atoms in total. The summed E-state index contributed by atoms with van der Waals surface area (Å²) in [4.78, 5) is 63.1. The number of fused-ring (bicyclic) bond motifs is 5. The summed E-state index contributed by atoms with van der Waals surface area (Å²) in [5, 5.41) is 28.1. The zero-order valence-corrected chi connectivity index (χ0v) is 88.9. The zero-order chi connectivity index (χ0) is 102. The van der Waals surface area contributed by atoms with Gasteiger partial charge in [-0.3, -0.25) is 0 Å². The second-order valence-electron chi connectivity index (χ2n) is 36.4. The Balaban J connectivity index is 0.000000260. The Bertz CT molecular complexity index is 6070. The molecule has 0 aliphatic carbocycles. The summed E-state index contributed by atoms with van der Waals surface area (Å²) in [6, 6.07) is 36.0. The molecular formula is C100H124Br3F3O26S3. The van der Waals surface area contributed by atoms with E-state index in [2.05, 4.69) is 52.0 Å². The normalized spacial score (nSPS) is 13.4. The summed E-state index contributed by atoms with van der Waals surface area (Å²) < 4.78 is 184. The molecule has 0 aromatic heterocycles. The van der Waals surface area contributed by atoms with Crippen LogP contribution in [-0.2, 0) is 102 Å². The first kappa shape index (κ1) is 114. The number of phenolic OH excluding ortho intramolecular Hbond substituents is 2. The number of ether oxygens (including phenoxy) is 10. The van der Waals surface area contributed by atoms with Gasteiger partial charge in [0, 0.05) is 68.2 Å². The topological polar surface area (TPSA) is 348 Å². The fourth-order valence-electron chi connectivity index (χ4n) is 14.3. The van der Waals surface area contributed by atoms with Gasteiger partial charge in [-0.25, -0.2) is 24.0 Å². The van der Waals surface area contributed by atoms with Gasteiger partial charge in [-0.1, -0.05) is 133 Å². The van der Waals surface area contributed by atoms with Gasteiger partial charge in [0.15, 0.2) is 47.8 Å². The van der Waals surface area contributed by atoms with Gasteiger partial charge < -0.3 is 70.1 Å². The van der Waals surface area contributed by atoms with E-state index in [1.54, 1.807) is 99.6 Å². The third-order valence-corrected chi connectivity index (χ3v) is 23.3. The molecule has 0 aliphatic rings. The van der Waals surface area contributed by atoms with Gasteiger partial charge in [0.25, 0.3) is 0 Å². The summed E-state index contributed by atoms with van der Waals surface area (Å²) in [6.45, 7) is 49.0. The average molecular weight is 2130 g/mol. The van der Waals surface area contributed by atoms with Crippen LogP contribution in [0.25, 0.3) is 53.9 Å². The molecule has 0 saturated heterocycles. The molecule has 0 heterocycles. The van der Waals surface area contributed by atoms with Crippen LogP contribution in [0.1, 0.15) is 236 Å². The molecule has 5 atom stereocenters. The minimum Gasteiger partial charge on any atom is -0.507 e. The summed E-state index contributed by atoms with van der Waals surface area (Å²) in [5.41, 5.74) is -2.37. The maximum Gasteiger partial charge on any atom is 0.534 e. The maximum absolute atomic E-state index is 13.1. The van der Waals surface area contributed by atoms with Gasteiger partial charge in [-0.2, -0.15) is 38.4 Å². The number of phenols is 2. The lowest BCUT2D eigenvalue weighted by Gasteiger charge is -2.29. The SMILES string of the molecule is CCOC(=O)[C@@H](OC(C)(C)C)c1c(C)cc2c(Br)cccc2c1O.CCOC(=O)[C@@H](OC(C)(C)C)c1c(C)cc2c(Br)cccc2c1OS(=O)(=O)C(F)(F)F.CCOC(=O)[C@@H](OC(C)(C)C)c1c(C)cc2c(Br)cccc2c1OS(C)(=O)=O.CCOC(=O)[C@@H](OC(C)(C)C)c1c(C)cc2c(C)cccc2c1O.CCOC(=O)[C@@H](OC(C)(C)C)c1c(C)cc2c(C)cccc2c1OS(C)(=O)=O. The first-order chi connectivity index (χ1) is 62.1. The molecule has 35 heteroatoms. The van der Waals surface area contributed by atoms with E-state index in [-0.39, 0.29) is 72.5 Å². The van der Waals surface area contributed by atoms with Crippen molar-refractivity contribution in [3.05, 3.63) is 202 Å². The molecule has 740 valence electrons. The highest BCUT2D eigenvalue weighted by Gasteiger charge is 2.50. The van der Waals surface area contributed by atoms with Gasteiger partial charge >= 0.3 is 65.7 Å². The summed E-state index contributed by atoms with van der Waals surface area (Å²) in [6.07, 6.45) is -3.79.